The molecule has 5 aromatic rings. The van der Waals surface area contributed by atoms with Gasteiger partial charge in [0.2, 0.25) is 0 Å². The van der Waals surface area contributed by atoms with E-state index in [4.69, 9.17) is 9.72 Å². The van der Waals surface area contributed by atoms with Crippen molar-refractivity contribution in [3.63, 3.8) is 0 Å². The molecular weight excluding hydrogens is 575 g/mol. The van der Waals surface area contributed by atoms with E-state index in [1.807, 2.05) is 61.5 Å². The number of benzene rings is 4. The minimum Gasteiger partial charge on any atom is -0.487 e. The van der Waals surface area contributed by atoms with E-state index in [0.29, 0.717) is 24.3 Å². The molecule has 0 spiro atoms. The number of nitrogens with one attached hydrogen (secondary N) is 1. The predicted molar refractivity (Wildman–Crippen MR) is 163 cm³/mol. The highest BCUT2D eigenvalue weighted by Gasteiger charge is 2.46. The highest BCUT2D eigenvalue weighted by molar-refractivity contribution is 7.93. The summed E-state index contributed by atoms with van der Waals surface area (Å²) in [6.45, 7) is 5.09. The van der Waals surface area contributed by atoms with Crippen LogP contribution < -0.4 is 9.46 Å². The smallest absolute Gasteiger partial charge is 0.487 e. The van der Waals surface area contributed by atoms with Crippen LogP contribution in [-0.4, -0.2) is 23.5 Å². The van der Waals surface area contributed by atoms with Crippen molar-refractivity contribution in [3.05, 3.63) is 114 Å². The van der Waals surface area contributed by atoms with Gasteiger partial charge in [-0.1, -0.05) is 92.2 Å². The zero-order valence-electron chi connectivity index (χ0n) is 23.9. The largest absolute Gasteiger partial charge is 0.516 e. The first kappa shape index (κ1) is 30.2. The number of fused-ring (bicyclic) bond motifs is 1. The second-order valence-electron chi connectivity index (χ2n) is 10.4. The number of aromatic nitrogens is 2. The van der Waals surface area contributed by atoms with Gasteiger partial charge in [0, 0.05) is 18.5 Å². The molecule has 6 nitrogen and oxygen atoms in total. The first-order valence-corrected chi connectivity index (χ1v) is 15.5. The van der Waals surface area contributed by atoms with Crippen molar-refractivity contribution < 1.29 is 26.3 Å². The first-order chi connectivity index (χ1) is 20.6. The maximum Gasteiger partial charge on any atom is 0.516 e. The Morgan fingerprint density at radius 1 is 0.884 bits per heavy atom. The highest BCUT2D eigenvalue weighted by atomic mass is 32.2. The van der Waals surface area contributed by atoms with Crippen LogP contribution in [0.2, 0.25) is 0 Å². The van der Waals surface area contributed by atoms with Crippen LogP contribution >= 0.6 is 0 Å². The van der Waals surface area contributed by atoms with Crippen molar-refractivity contribution in [2.75, 3.05) is 4.72 Å². The molecule has 0 unspecified atom stereocenters. The zero-order valence-corrected chi connectivity index (χ0v) is 24.7. The van der Waals surface area contributed by atoms with Crippen LogP contribution in [0.1, 0.15) is 42.3 Å². The lowest BCUT2D eigenvalue weighted by Crippen LogP contribution is -2.30. The van der Waals surface area contributed by atoms with E-state index >= 15 is 0 Å². The molecule has 0 aliphatic heterocycles. The summed E-state index contributed by atoms with van der Waals surface area (Å²) in [6, 6.07) is 27.3. The summed E-state index contributed by atoms with van der Waals surface area (Å²) in [5.74, 6) is 1.69. The van der Waals surface area contributed by atoms with E-state index in [-0.39, 0.29) is 5.69 Å². The zero-order chi connectivity index (χ0) is 30.6. The average Bonchev–Trinajstić information content (AvgIpc) is 3.35. The lowest BCUT2D eigenvalue weighted by Gasteiger charge is -2.15. The SMILES string of the molecule is CCCCc1nc2c(C)ccc(OCc3ccccc3)c2n1Cc1ccc(-c2ccccc2NS(=O)(=O)C(F)(F)F)cc1. The summed E-state index contributed by atoms with van der Waals surface area (Å²) < 4.78 is 72.8. The number of halogens is 3. The van der Waals surface area contributed by atoms with Gasteiger partial charge in [-0.3, -0.25) is 4.72 Å². The quantitative estimate of drug-likeness (QED) is 0.164. The third kappa shape index (κ3) is 6.69. The van der Waals surface area contributed by atoms with E-state index in [1.54, 1.807) is 29.0 Å². The van der Waals surface area contributed by atoms with Crippen molar-refractivity contribution in [3.8, 4) is 16.9 Å². The molecule has 0 amide bonds. The standard InChI is InChI=1S/C33H32F3N3O3S/c1-3-4-14-30-37-31-23(2)15-20-29(42-22-25-10-6-5-7-11-25)32(31)39(30)21-24-16-18-26(19-17-24)27-12-8-9-13-28(27)38-43(40,41)33(34,35)36/h5-13,15-20,38H,3-4,14,21-22H2,1-2H3. The number of aryl methyl sites for hydroxylation is 2. The van der Waals surface area contributed by atoms with Gasteiger partial charge in [0.15, 0.2) is 0 Å². The number of hydrogen-bond acceptors (Lipinski definition) is 4. The molecule has 224 valence electrons. The number of imidazole rings is 1. The average molecular weight is 608 g/mol. The Morgan fingerprint density at radius 2 is 1.58 bits per heavy atom. The van der Waals surface area contributed by atoms with Gasteiger partial charge >= 0.3 is 15.5 Å². The summed E-state index contributed by atoms with van der Waals surface area (Å²) >= 11 is 0. The molecule has 4 aromatic carbocycles. The van der Waals surface area contributed by atoms with Gasteiger partial charge < -0.3 is 9.30 Å². The van der Waals surface area contributed by atoms with Gasteiger partial charge in [0.05, 0.1) is 11.2 Å². The molecule has 1 heterocycles. The van der Waals surface area contributed by atoms with Crippen LogP contribution in [0, 0.1) is 6.92 Å². The molecule has 1 N–H and O–H groups in total. The van der Waals surface area contributed by atoms with Crippen molar-refractivity contribution in [1.82, 2.24) is 9.55 Å². The van der Waals surface area contributed by atoms with E-state index in [1.165, 1.54) is 12.1 Å². The predicted octanol–water partition coefficient (Wildman–Crippen LogP) is 8.24. The molecule has 0 aliphatic rings. The third-order valence-electron chi connectivity index (χ3n) is 7.21. The Hall–Kier alpha value is -4.31. The van der Waals surface area contributed by atoms with Crippen molar-refractivity contribution in [2.45, 2.75) is 51.8 Å². The highest BCUT2D eigenvalue weighted by Crippen LogP contribution is 2.34. The number of hydrogen-bond donors (Lipinski definition) is 1. The Morgan fingerprint density at radius 3 is 2.28 bits per heavy atom. The monoisotopic (exact) mass is 607 g/mol. The molecule has 43 heavy (non-hydrogen) atoms. The number of para-hydroxylation sites is 1. The third-order valence-corrected chi connectivity index (χ3v) is 8.31. The van der Waals surface area contributed by atoms with Crippen LogP contribution in [0.25, 0.3) is 22.2 Å². The maximum absolute atomic E-state index is 13.0. The van der Waals surface area contributed by atoms with E-state index < -0.39 is 15.5 Å². The normalized spacial score (nSPS) is 12.0. The summed E-state index contributed by atoms with van der Waals surface area (Å²) in [5.41, 5.74) is 0.204. The molecule has 0 bridgehead atoms. The molecule has 0 atom stereocenters. The van der Waals surface area contributed by atoms with E-state index in [0.717, 1.165) is 58.6 Å². The van der Waals surface area contributed by atoms with Crippen molar-refractivity contribution in [2.24, 2.45) is 0 Å². The van der Waals surface area contributed by atoms with Gasteiger partial charge in [-0.05, 0) is 47.7 Å². The van der Waals surface area contributed by atoms with Gasteiger partial charge in [0.1, 0.15) is 23.7 Å². The van der Waals surface area contributed by atoms with E-state index in [9.17, 15) is 21.6 Å². The van der Waals surface area contributed by atoms with Crippen LogP contribution in [0.4, 0.5) is 18.9 Å². The summed E-state index contributed by atoms with van der Waals surface area (Å²) in [4.78, 5) is 5.02. The number of sulfonamides is 1. The Balaban J connectivity index is 1.48. The fourth-order valence-electron chi connectivity index (χ4n) is 4.93. The molecule has 5 rings (SSSR count). The number of rotatable bonds is 11. The molecule has 0 saturated carbocycles. The Bertz CT molecular complexity index is 1820. The van der Waals surface area contributed by atoms with Gasteiger partial charge in [0.25, 0.3) is 0 Å². The Kier molecular flexibility index (Phi) is 8.77. The molecule has 10 heteroatoms. The van der Waals surface area contributed by atoms with Gasteiger partial charge in [-0.25, -0.2) is 4.98 Å². The maximum atomic E-state index is 13.0. The lowest BCUT2D eigenvalue weighted by atomic mass is 10.0. The van der Waals surface area contributed by atoms with Gasteiger partial charge in [-0.2, -0.15) is 21.6 Å². The molecule has 0 saturated heterocycles. The number of ether oxygens (including phenoxy) is 1. The summed E-state index contributed by atoms with van der Waals surface area (Å²) in [7, 11) is -5.56. The van der Waals surface area contributed by atoms with Gasteiger partial charge in [-0.15, -0.1) is 0 Å². The van der Waals surface area contributed by atoms with Crippen LogP contribution in [0.3, 0.4) is 0 Å². The van der Waals surface area contributed by atoms with Crippen molar-refractivity contribution in [1.29, 1.82) is 0 Å². The molecule has 0 fully saturated rings. The summed E-state index contributed by atoms with van der Waals surface area (Å²) in [5, 5.41) is 0. The molecular formula is C33H32F3N3O3S. The molecule has 1 aromatic heterocycles. The number of unbranched alkanes of at least 4 members (excludes halogenated alkanes) is 1. The van der Waals surface area contributed by atoms with Crippen LogP contribution in [0.5, 0.6) is 5.75 Å². The molecule has 0 radical (unpaired) electrons. The van der Waals surface area contributed by atoms with Crippen molar-refractivity contribution >= 4 is 26.7 Å². The first-order valence-electron chi connectivity index (χ1n) is 14.0. The van der Waals surface area contributed by atoms with Crippen LogP contribution in [0.15, 0.2) is 91.0 Å². The minimum atomic E-state index is -5.56. The topological polar surface area (TPSA) is 73.2 Å². The Labute approximate surface area is 249 Å². The fourth-order valence-corrected chi connectivity index (χ4v) is 5.51. The summed E-state index contributed by atoms with van der Waals surface area (Å²) in [6.07, 6.45) is 2.80. The molecule has 0 aliphatic carbocycles. The lowest BCUT2D eigenvalue weighted by molar-refractivity contribution is -0.0429. The van der Waals surface area contributed by atoms with E-state index in [2.05, 4.69) is 11.5 Å². The number of alkyl halides is 3. The second kappa shape index (κ2) is 12.5. The van der Waals surface area contributed by atoms with Crippen LogP contribution in [-0.2, 0) is 29.6 Å². The fraction of sp³-hybridized carbons (Fsp3) is 0.242. The minimum absolute atomic E-state index is 0.147. The number of anilines is 1. The second-order valence-corrected chi connectivity index (χ2v) is 12.0. The number of nitrogens with zero attached hydrogens (tertiary/aromatic N) is 2.